The predicted octanol–water partition coefficient (Wildman–Crippen LogP) is 5.61. The molecule has 0 heterocycles. The molecule has 0 aliphatic heterocycles. The summed E-state index contributed by atoms with van der Waals surface area (Å²) in [7, 11) is 0. The molecule has 0 N–H and O–H groups in total. The Balaban J connectivity index is 3.17. The maximum absolute atomic E-state index is 2.45. The fourth-order valence-electron chi connectivity index (χ4n) is 3.06. The highest BCUT2D eigenvalue weighted by Crippen LogP contribution is 2.53. The smallest absolute Gasteiger partial charge is 0.000626 e. The molecule has 0 radical (unpaired) electrons. The Hall–Kier alpha value is -0.520. The van der Waals surface area contributed by atoms with Gasteiger partial charge in [0.15, 0.2) is 0 Å². The van der Waals surface area contributed by atoms with E-state index in [9.17, 15) is 0 Å². The van der Waals surface area contributed by atoms with E-state index in [0.29, 0.717) is 16.7 Å². The van der Waals surface area contributed by atoms with E-state index in [1.807, 2.05) is 0 Å². The zero-order valence-electron chi connectivity index (χ0n) is 13.0. The summed E-state index contributed by atoms with van der Waals surface area (Å²) in [5.41, 5.74) is 2.48. The molecule has 1 aliphatic rings. The first-order chi connectivity index (χ1) is 7.51. The van der Waals surface area contributed by atoms with Gasteiger partial charge in [0, 0.05) is 0 Å². The normalized spacial score (nSPS) is 26.3. The lowest BCUT2D eigenvalue weighted by Crippen LogP contribution is -2.41. The van der Waals surface area contributed by atoms with E-state index in [2.05, 4.69) is 73.6 Å². The van der Waals surface area contributed by atoms with E-state index >= 15 is 0 Å². The Labute approximate surface area is 108 Å². The second-order valence-corrected chi connectivity index (χ2v) is 7.92. The van der Waals surface area contributed by atoms with Crippen molar-refractivity contribution in [1.29, 1.82) is 0 Å². The van der Waals surface area contributed by atoms with Crippen molar-refractivity contribution in [2.45, 2.75) is 61.8 Å². The fourth-order valence-corrected chi connectivity index (χ4v) is 3.06. The predicted molar refractivity (Wildman–Crippen MR) is 78.0 cm³/mol. The molecule has 0 spiro atoms. The zero-order chi connectivity index (χ0) is 13.5. The third-order valence-corrected chi connectivity index (χ3v) is 4.56. The van der Waals surface area contributed by atoms with Gasteiger partial charge in [-0.3, -0.25) is 0 Å². The molecule has 0 aromatic carbocycles. The van der Waals surface area contributed by atoms with Gasteiger partial charge in [-0.25, -0.2) is 0 Å². The Bertz CT molecular complexity index is 328. The highest BCUT2D eigenvalue weighted by Gasteiger charge is 2.44. The van der Waals surface area contributed by atoms with Crippen molar-refractivity contribution in [3.05, 3.63) is 23.8 Å². The average molecular weight is 234 g/mol. The molecule has 0 fully saturated rings. The topological polar surface area (TPSA) is 0 Å². The number of allylic oxidation sites excluding steroid dienone is 4. The SMILES string of the molecule is CC(C)C1(C(C)(C)C)C=CC=C(C(C)(C)C)C1. The first kappa shape index (κ1) is 14.5. The maximum Gasteiger partial charge on any atom is -0.000626 e. The van der Waals surface area contributed by atoms with Crippen LogP contribution in [-0.4, -0.2) is 0 Å². The Morgan fingerprint density at radius 1 is 1.06 bits per heavy atom. The molecule has 17 heavy (non-hydrogen) atoms. The molecule has 1 unspecified atom stereocenters. The van der Waals surface area contributed by atoms with Gasteiger partial charge >= 0.3 is 0 Å². The van der Waals surface area contributed by atoms with Crippen LogP contribution >= 0.6 is 0 Å². The van der Waals surface area contributed by atoms with Gasteiger partial charge in [-0.05, 0) is 28.6 Å². The summed E-state index contributed by atoms with van der Waals surface area (Å²) < 4.78 is 0. The molecule has 1 atom stereocenters. The summed E-state index contributed by atoms with van der Waals surface area (Å²) in [4.78, 5) is 0. The van der Waals surface area contributed by atoms with Crippen LogP contribution in [0, 0.1) is 22.2 Å². The molecule has 0 saturated heterocycles. The minimum Gasteiger partial charge on any atom is -0.0772 e. The van der Waals surface area contributed by atoms with Crippen LogP contribution < -0.4 is 0 Å². The van der Waals surface area contributed by atoms with Crippen LogP contribution in [0.2, 0.25) is 0 Å². The third kappa shape index (κ3) is 2.67. The molecular weight excluding hydrogens is 204 g/mol. The van der Waals surface area contributed by atoms with Crippen molar-refractivity contribution in [2.75, 3.05) is 0 Å². The van der Waals surface area contributed by atoms with Gasteiger partial charge in [-0.2, -0.15) is 0 Å². The molecule has 0 amide bonds. The second kappa shape index (κ2) is 4.30. The van der Waals surface area contributed by atoms with E-state index in [4.69, 9.17) is 0 Å². The van der Waals surface area contributed by atoms with Gasteiger partial charge in [0.25, 0.3) is 0 Å². The second-order valence-electron chi connectivity index (χ2n) is 7.92. The first-order valence-electron chi connectivity index (χ1n) is 6.89. The maximum atomic E-state index is 2.45. The Morgan fingerprint density at radius 2 is 1.59 bits per heavy atom. The van der Waals surface area contributed by atoms with Gasteiger partial charge in [-0.1, -0.05) is 79.2 Å². The Morgan fingerprint density at radius 3 is 1.94 bits per heavy atom. The van der Waals surface area contributed by atoms with Crippen LogP contribution in [0.1, 0.15) is 61.8 Å². The number of hydrogen-bond donors (Lipinski definition) is 0. The summed E-state index contributed by atoms with van der Waals surface area (Å²) >= 11 is 0. The molecule has 0 bridgehead atoms. The molecule has 1 aliphatic carbocycles. The van der Waals surface area contributed by atoms with Gasteiger partial charge < -0.3 is 0 Å². The lowest BCUT2D eigenvalue weighted by Gasteiger charge is -2.49. The van der Waals surface area contributed by atoms with Crippen LogP contribution in [0.3, 0.4) is 0 Å². The number of hydrogen-bond acceptors (Lipinski definition) is 0. The van der Waals surface area contributed by atoms with Crippen LogP contribution in [0.25, 0.3) is 0 Å². The number of rotatable bonds is 1. The van der Waals surface area contributed by atoms with E-state index in [1.54, 1.807) is 5.57 Å². The van der Waals surface area contributed by atoms with Gasteiger partial charge in [-0.15, -0.1) is 0 Å². The highest BCUT2D eigenvalue weighted by molar-refractivity contribution is 5.29. The van der Waals surface area contributed by atoms with Gasteiger partial charge in [0.05, 0.1) is 0 Å². The van der Waals surface area contributed by atoms with E-state index in [0.717, 1.165) is 0 Å². The highest BCUT2D eigenvalue weighted by atomic mass is 14.5. The summed E-state index contributed by atoms with van der Waals surface area (Å²) in [6.07, 6.45) is 8.27. The minimum atomic E-state index is 0.288. The van der Waals surface area contributed by atoms with Gasteiger partial charge in [0.1, 0.15) is 0 Å². The largest absolute Gasteiger partial charge is 0.0772 e. The summed E-state index contributed by atoms with van der Waals surface area (Å²) in [6.45, 7) is 18.8. The van der Waals surface area contributed by atoms with Crippen molar-refractivity contribution in [3.8, 4) is 0 Å². The van der Waals surface area contributed by atoms with Gasteiger partial charge in [0.2, 0.25) is 0 Å². The first-order valence-corrected chi connectivity index (χ1v) is 6.89. The van der Waals surface area contributed by atoms with E-state index < -0.39 is 0 Å². The zero-order valence-corrected chi connectivity index (χ0v) is 13.0. The monoisotopic (exact) mass is 234 g/mol. The molecule has 0 aromatic heterocycles. The molecule has 0 nitrogen and oxygen atoms in total. The van der Waals surface area contributed by atoms with Crippen LogP contribution in [0.5, 0.6) is 0 Å². The van der Waals surface area contributed by atoms with Crippen molar-refractivity contribution in [2.24, 2.45) is 22.2 Å². The van der Waals surface area contributed by atoms with Crippen LogP contribution in [0.15, 0.2) is 23.8 Å². The molecular formula is C17H30. The third-order valence-electron chi connectivity index (χ3n) is 4.56. The van der Waals surface area contributed by atoms with Crippen LogP contribution in [0.4, 0.5) is 0 Å². The lowest BCUT2D eigenvalue weighted by molar-refractivity contribution is 0.0786. The summed E-state index contributed by atoms with van der Waals surface area (Å²) in [6, 6.07) is 0. The minimum absolute atomic E-state index is 0.288. The fraction of sp³-hybridized carbons (Fsp3) is 0.765. The molecule has 0 saturated carbocycles. The lowest BCUT2D eigenvalue weighted by atomic mass is 9.55. The Kier molecular flexibility index (Phi) is 3.68. The summed E-state index contributed by atoms with van der Waals surface area (Å²) in [5, 5.41) is 0. The summed E-state index contributed by atoms with van der Waals surface area (Å²) in [5.74, 6) is 0.671. The van der Waals surface area contributed by atoms with Crippen molar-refractivity contribution < 1.29 is 0 Å². The average Bonchev–Trinajstić information content (AvgIpc) is 2.14. The standard InChI is InChI=1S/C17H30/c1-13(2)17(16(6,7)8)11-9-10-14(12-17)15(3,4)5/h9-11,13H,12H2,1-8H3. The quantitative estimate of drug-likeness (QED) is 0.553. The van der Waals surface area contributed by atoms with Crippen LogP contribution in [-0.2, 0) is 0 Å². The van der Waals surface area contributed by atoms with Crippen molar-refractivity contribution in [1.82, 2.24) is 0 Å². The van der Waals surface area contributed by atoms with E-state index in [-0.39, 0.29) is 5.41 Å². The van der Waals surface area contributed by atoms with Crippen molar-refractivity contribution in [3.63, 3.8) is 0 Å². The molecule has 0 heteroatoms. The molecule has 0 aromatic rings. The molecule has 1 rings (SSSR count). The molecule has 98 valence electrons. The van der Waals surface area contributed by atoms with E-state index in [1.165, 1.54) is 6.42 Å². The van der Waals surface area contributed by atoms with Crippen molar-refractivity contribution >= 4 is 0 Å².